The number of nitrogens with one attached hydrogen (secondary N) is 1. The number of aryl methyl sites for hydroxylation is 2. The minimum Gasteiger partial charge on any atom is -0.338 e. The van der Waals surface area contributed by atoms with E-state index in [1.54, 1.807) is 19.9 Å². The lowest BCUT2D eigenvalue weighted by molar-refractivity contribution is 0.585. The van der Waals surface area contributed by atoms with Crippen molar-refractivity contribution in [2.75, 3.05) is 5.32 Å². The molecule has 0 radical (unpaired) electrons. The summed E-state index contributed by atoms with van der Waals surface area (Å²) in [5, 5.41) is 3.30. The monoisotopic (exact) mass is 295 g/mol. The van der Waals surface area contributed by atoms with Crippen molar-refractivity contribution in [3.8, 4) is 0 Å². The molecule has 4 rings (SSSR count). The zero-order valence-corrected chi connectivity index (χ0v) is 11.8. The normalized spacial score (nSPS) is 14.9. The van der Waals surface area contributed by atoms with E-state index in [4.69, 9.17) is 11.6 Å². The number of anilines is 2. The van der Waals surface area contributed by atoms with E-state index in [1.165, 1.54) is 12.5 Å². The Hall–Kier alpha value is -1.66. The maximum absolute atomic E-state index is 12.1. The first-order chi connectivity index (χ1) is 8.93. The van der Waals surface area contributed by atoms with E-state index < -0.39 is 9.84 Å². The Bertz CT molecular complexity index is 796. The van der Waals surface area contributed by atoms with Crippen molar-refractivity contribution in [2.45, 2.75) is 23.6 Å². The molecule has 2 bridgehead atoms. The van der Waals surface area contributed by atoms with Gasteiger partial charge in [0.25, 0.3) is 0 Å². The molecular formula is C12H10ClN3O2S. The molecule has 0 atom stereocenters. The van der Waals surface area contributed by atoms with Crippen LogP contribution < -0.4 is 5.32 Å². The van der Waals surface area contributed by atoms with E-state index in [0.717, 1.165) is 11.1 Å². The molecule has 3 heterocycles. The Labute approximate surface area is 115 Å². The molecule has 0 unspecified atom stereocenters. The molecular weight excluding hydrogens is 286 g/mol. The van der Waals surface area contributed by atoms with Gasteiger partial charge >= 0.3 is 0 Å². The topological polar surface area (TPSA) is 72.0 Å². The molecule has 1 aromatic carbocycles. The third kappa shape index (κ3) is 1.63. The molecule has 0 amide bonds. The number of aromatic nitrogens is 2. The first kappa shape index (κ1) is 12.4. The third-order valence-corrected chi connectivity index (χ3v) is 5.61. The van der Waals surface area contributed by atoms with Crippen molar-refractivity contribution in [3.05, 3.63) is 34.7 Å². The summed E-state index contributed by atoms with van der Waals surface area (Å²) in [6, 6.07) is 1.79. The zero-order valence-electron chi connectivity index (χ0n) is 10.2. The minimum atomic E-state index is -3.30. The smallest absolute Gasteiger partial charge is 0.209 e. The first-order valence-corrected chi connectivity index (χ1v) is 7.41. The molecule has 2 aliphatic heterocycles. The van der Waals surface area contributed by atoms with Gasteiger partial charge in [-0.2, -0.15) is 0 Å². The fourth-order valence-electron chi connectivity index (χ4n) is 2.39. The van der Waals surface area contributed by atoms with Crippen molar-refractivity contribution in [2.24, 2.45) is 0 Å². The van der Waals surface area contributed by atoms with Gasteiger partial charge in [-0.05, 0) is 31.0 Å². The van der Waals surface area contributed by atoms with Gasteiger partial charge < -0.3 is 5.32 Å². The van der Waals surface area contributed by atoms with Gasteiger partial charge in [-0.1, -0.05) is 11.6 Å². The lowest BCUT2D eigenvalue weighted by Crippen LogP contribution is -2.21. The van der Waals surface area contributed by atoms with Gasteiger partial charge in [0, 0.05) is 0 Å². The Kier molecular flexibility index (Phi) is 2.55. The van der Waals surface area contributed by atoms with Crippen LogP contribution in [0.2, 0.25) is 5.02 Å². The van der Waals surface area contributed by atoms with Gasteiger partial charge in [-0.3, -0.25) is 0 Å². The molecule has 0 fully saturated rings. The Morgan fingerprint density at radius 1 is 1.26 bits per heavy atom. The number of nitrogens with zero attached hydrogens (tertiary/aromatic N) is 2. The maximum Gasteiger partial charge on any atom is 0.209 e. The van der Waals surface area contributed by atoms with Gasteiger partial charge in [-0.15, -0.1) is 0 Å². The molecule has 19 heavy (non-hydrogen) atoms. The van der Waals surface area contributed by atoms with Gasteiger partial charge in [0.1, 0.15) is 11.3 Å². The van der Waals surface area contributed by atoms with Crippen LogP contribution in [0.5, 0.6) is 0 Å². The van der Waals surface area contributed by atoms with E-state index in [9.17, 15) is 8.42 Å². The first-order valence-electron chi connectivity index (χ1n) is 5.54. The molecule has 0 saturated heterocycles. The van der Waals surface area contributed by atoms with Crippen molar-refractivity contribution in [1.29, 1.82) is 0 Å². The molecule has 5 nitrogen and oxygen atoms in total. The highest BCUT2D eigenvalue weighted by molar-refractivity contribution is 7.93. The summed E-state index contributed by atoms with van der Waals surface area (Å²) >= 11 is 5.96. The van der Waals surface area contributed by atoms with Crippen molar-refractivity contribution < 1.29 is 8.42 Å². The molecule has 0 spiro atoms. The van der Waals surface area contributed by atoms with Crippen LogP contribution in [0.4, 0.5) is 11.5 Å². The van der Waals surface area contributed by atoms with E-state index in [1.807, 2.05) is 0 Å². The van der Waals surface area contributed by atoms with E-state index in [0.29, 0.717) is 26.3 Å². The molecule has 2 aliphatic rings. The SMILES string of the molecule is Cc1cc(Nc2ncncc2Cl)c2c(C)c1S2(=O)=O. The molecule has 1 N–H and O–H groups in total. The Morgan fingerprint density at radius 2 is 2.00 bits per heavy atom. The fraction of sp³-hybridized carbons (Fsp3) is 0.167. The standard InChI is InChI=1S/C12H10ClN3O2S/c1-6-3-9(11-7(2)10(6)19(11,17)18)16-12-8(13)4-14-5-15-12/h3-5H,1-2H3,(H,14,15,16). The highest BCUT2D eigenvalue weighted by Gasteiger charge is 2.39. The van der Waals surface area contributed by atoms with Gasteiger partial charge in [0.15, 0.2) is 5.82 Å². The summed E-state index contributed by atoms with van der Waals surface area (Å²) in [6.45, 7) is 3.57. The number of halogens is 1. The predicted molar refractivity (Wildman–Crippen MR) is 71.7 cm³/mol. The van der Waals surface area contributed by atoms with Crippen molar-refractivity contribution in [1.82, 2.24) is 9.97 Å². The van der Waals surface area contributed by atoms with Crippen LogP contribution in [0.1, 0.15) is 11.1 Å². The van der Waals surface area contributed by atoms with Crippen molar-refractivity contribution >= 4 is 32.9 Å². The molecule has 0 aliphatic carbocycles. The van der Waals surface area contributed by atoms with E-state index >= 15 is 0 Å². The summed E-state index contributed by atoms with van der Waals surface area (Å²) in [7, 11) is -3.30. The highest BCUT2D eigenvalue weighted by atomic mass is 35.5. The summed E-state index contributed by atoms with van der Waals surface area (Å²) in [4.78, 5) is 8.53. The van der Waals surface area contributed by atoms with E-state index in [-0.39, 0.29) is 0 Å². The number of rotatable bonds is 2. The summed E-state index contributed by atoms with van der Waals surface area (Å²) in [6.07, 6.45) is 2.80. The molecule has 7 heteroatoms. The van der Waals surface area contributed by atoms with Crippen LogP contribution in [-0.2, 0) is 9.84 Å². The second kappa shape index (κ2) is 3.91. The maximum atomic E-state index is 12.1. The van der Waals surface area contributed by atoms with Crippen LogP contribution in [-0.4, -0.2) is 18.4 Å². The van der Waals surface area contributed by atoms with Crippen LogP contribution >= 0.6 is 11.6 Å². The van der Waals surface area contributed by atoms with Crippen LogP contribution in [0.3, 0.4) is 0 Å². The Morgan fingerprint density at radius 3 is 2.58 bits per heavy atom. The fourth-order valence-corrected chi connectivity index (χ4v) is 4.49. The van der Waals surface area contributed by atoms with Crippen LogP contribution in [0.25, 0.3) is 0 Å². The zero-order chi connectivity index (χ0) is 13.8. The quantitative estimate of drug-likeness (QED) is 0.787. The molecule has 2 aromatic rings. The molecule has 0 saturated carbocycles. The van der Waals surface area contributed by atoms with Gasteiger partial charge in [0.2, 0.25) is 9.84 Å². The molecule has 98 valence electrons. The number of benzene rings is 1. The van der Waals surface area contributed by atoms with Crippen molar-refractivity contribution in [3.63, 3.8) is 0 Å². The lowest BCUT2D eigenvalue weighted by atomic mass is 10.1. The summed E-state index contributed by atoms with van der Waals surface area (Å²) in [5.41, 5.74) is 2.01. The number of sulfone groups is 1. The Balaban J connectivity index is 2.14. The third-order valence-electron chi connectivity index (χ3n) is 3.10. The second-order valence-electron chi connectivity index (χ2n) is 4.37. The number of hydrogen-bond acceptors (Lipinski definition) is 5. The number of fused-ring (bicyclic) bond motifs is 2. The summed E-state index contributed by atoms with van der Waals surface area (Å²) < 4.78 is 24.2. The summed E-state index contributed by atoms with van der Waals surface area (Å²) in [5.74, 6) is 0.390. The van der Waals surface area contributed by atoms with E-state index in [2.05, 4.69) is 15.3 Å². The largest absolute Gasteiger partial charge is 0.338 e. The highest BCUT2D eigenvalue weighted by Crippen LogP contribution is 2.46. The second-order valence-corrected chi connectivity index (χ2v) is 6.60. The predicted octanol–water partition coefficient (Wildman–Crippen LogP) is 2.64. The minimum absolute atomic E-state index is 0.322. The van der Waals surface area contributed by atoms with Crippen LogP contribution in [0, 0.1) is 13.8 Å². The van der Waals surface area contributed by atoms with Gasteiger partial charge in [0.05, 0.1) is 21.7 Å². The lowest BCUT2D eigenvalue weighted by Gasteiger charge is -2.27. The van der Waals surface area contributed by atoms with Gasteiger partial charge in [-0.25, -0.2) is 18.4 Å². The molecule has 1 aromatic heterocycles. The van der Waals surface area contributed by atoms with Crippen LogP contribution in [0.15, 0.2) is 28.4 Å². The number of hydrogen-bond donors (Lipinski definition) is 1. The average Bonchev–Trinajstić information content (AvgIpc) is 2.30. The average molecular weight is 296 g/mol.